The molecule has 3 nitrogen and oxygen atoms in total. The largest absolute Gasteiger partial charge is 0.494 e. The fourth-order valence-corrected chi connectivity index (χ4v) is 2.77. The maximum atomic E-state index is 9.59. The fraction of sp³-hybridized carbons (Fsp3) is 0.625. The summed E-state index contributed by atoms with van der Waals surface area (Å²) in [6, 6.07) is 8.63. The molecule has 0 radical (unpaired) electrons. The van der Waals surface area contributed by atoms with Gasteiger partial charge in [0.25, 0.3) is 0 Å². The van der Waals surface area contributed by atoms with Crippen LogP contribution in [0.5, 0.6) is 5.75 Å². The first kappa shape index (κ1) is 14.4. The topological polar surface area (TPSA) is 41.5 Å². The monoisotopic (exact) mass is 263 g/mol. The molecular formula is C16H25NO2. The van der Waals surface area contributed by atoms with Crippen molar-refractivity contribution in [1.82, 2.24) is 5.32 Å². The summed E-state index contributed by atoms with van der Waals surface area (Å²) in [4.78, 5) is 0. The van der Waals surface area contributed by atoms with Gasteiger partial charge >= 0.3 is 0 Å². The van der Waals surface area contributed by atoms with E-state index in [-0.39, 0.29) is 12.6 Å². The van der Waals surface area contributed by atoms with Gasteiger partial charge in [-0.05, 0) is 37.5 Å². The quantitative estimate of drug-likeness (QED) is 0.829. The van der Waals surface area contributed by atoms with Crippen molar-refractivity contribution in [3.05, 3.63) is 29.8 Å². The molecule has 1 aliphatic carbocycles. The van der Waals surface area contributed by atoms with Crippen LogP contribution in [-0.4, -0.2) is 24.4 Å². The highest BCUT2D eigenvalue weighted by atomic mass is 16.5. The summed E-state index contributed by atoms with van der Waals surface area (Å²) in [5, 5.41) is 13.2. The zero-order chi connectivity index (χ0) is 13.5. The maximum Gasteiger partial charge on any atom is 0.119 e. The summed E-state index contributed by atoms with van der Waals surface area (Å²) in [7, 11) is 0. The lowest BCUT2D eigenvalue weighted by molar-refractivity contribution is 0.220. The van der Waals surface area contributed by atoms with E-state index >= 15 is 0 Å². The van der Waals surface area contributed by atoms with E-state index in [9.17, 15) is 5.11 Å². The predicted octanol–water partition coefficient (Wildman–Crippen LogP) is 3.04. The second-order valence-corrected chi connectivity index (χ2v) is 5.24. The zero-order valence-corrected chi connectivity index (χ0v) is 11.8. The van der Waals surface area contributed by atoms with Crippen LogP contribution in [0.4, 0.5) is 0 Å². The van der Waals surface area contributed by atoms with E-state index in [0.29, 0.717) is 12.6 Å². The minimum atomic E-state index is 0.0405. The van der Waals surface area contributed by atoms with Gasteiger partial charge in [0.05, 0.1) is 19.3 Å². The van der Waals surface area contributed by atoms with Crippen LogP contribution in [0.2, 0.25) is 0 Å². The molecule has 1 fully saturated rings. The van der Waals surface area contributed by atoms with Gasteiger partial charge in [0.2, 0.25) is 0 Å². The van der Waals surface area contributed by atoms with E-state index in [0.717, 1.165) is 11.3 Å². The van der Waals surface area contributed by atoms with Gasteiger partial charge in [-0.2, -0.15) is 0 Å². The lowest BCUT2D eigenvalue weighted by atomic mass is 9.94. The summed E-state index contributed by atoms with van der Waals surface area (Å²) in [6.07, 6.45) is 6.42. The number of aliphatic hydroxyl groups excluding tert-OH is 1. The van der Waals surface area contributed by atoms with Gasteiger partial charge in [-0.1, -0.05) is 31.4 Å². The molecule has 0 aromatic heterocycles. The van der Waals surface area contributed by atoms with E-state index < -0.39 is 0 Å². The lowest BCUT2D eigenvalue weighted by Crippen LogP contribution is -2.36. The molecule has 1 aliphatic rings. The fourth-order valence-electron chi connectivity index (χ4n) is 2.77. The molecule has 106 valence electrons. The van der Waals surface area contributed by atoms with Crippen LogP contribution < -0.4 is 10.1 Å². The Morgan fingerprint density at radius 2 is 1.89 bits per heavy atom. The number of nitrogens with one attached hydrogen (secondary N) is 1. The third-order valence-electron chi connectivity index (χ3n) is 3.82. The number of rotatable bonds is 6. The predicted molar refractivity (Wildman–Crippen MR) is 77.4 cm³/mol. The van der Waals surface area contributed by atoms with Crippen LogP contribution >= 0.6 is 0 Å². The van der Waals surface area contributed by atoms with Gasteiger partial charge in [-0.25, -0.2) is 0 Å². The SMILES string of the molecule is CCOc1ccc(C(CO)NC2CCCCC2)cc1. The van der Waals surface area contributed by atoms with Crippen LogP contribution in [0.25, 0.3) is 0 Å². The Morgan fingerprint density at radius 1 is 1.21 bits per heavy atom. The number of hydrogen-bond donors (Lipinski definition) is 2. The van der Waals surface area contributed by atoms with Crippen molar-refractivity contribution in [2.24, 2.45) is 0 Å². The standard InChI is InChI=1S/C16H25NO2/c1-2-19-15-10-8-13(9-11-15)16(12-18)17-14-6-4-3-5-7-14/h8-11,14,16-18H,2-7,12H2,1H3. The summed E-state index contributed by atoms with van der Waals surface area (Å²) in [5.41, 5.74) is 1.14. The maximum absolute atomic E-state index is 9.59. The van der Waals surface area contributed by atoms with Crippen molar-refractivity contribution in [3.8, 4) is 5.75 Å². The molecule has 0 aliphatic heterocycles. The average Bonchev–Trinajstić information content (AvgIpc) is 2.47. The van der Waals surface area contributed by atoms with Gasteiger partial charge in [0.1, 0.15) is 5.75 Å². The van der Waals surface area contributed by atoms with Crippen LogP contribution in [0.1, 0.15) is 50.6 Å². The molecular weight excluding hydrogens is 238 g/mol. The summed E-state index contributed by atoms with van der Waals surface area (Å²) in [6.45, 7) is 2.81. The number of aliphatic hydroxyl groups is 1. The minimum absolute atomic E-state index is 0.0405. The molecule has 1 saturated carbocycles. The highest BCUT2D eigenvalue weighted by Crippen LogP contribution is 2.23. The van der Waals surface area contributed by atoms with Gasteiger partial charge in [-0.15, -0.1) is 0 Å². The van der Waals surface area contributed by atoms with Crippen LogP contribution in [0, 0.1) is 0 Å². The Labute approximate surface area is 116 Å². The van der Waals surface area contributed by atoms with Crippen LogP contribution in [0.3, 0.4) is 0 Å². The third-order valence-corrected chi connectivity index (χ3v) is 3.82. The molecule has 1 aromatic carbocycles. The summed E-state index contributed by atoms with van der Waals surface area (Å²) >= 11 is 0. The summed E-state index contributed by atoms with van der Waals surface area (Å²) in [5.74, 6) is 0.889. The molecule has 1 unspecified atom stereocenters. The number of ether oxygens (including phenoxy) is 1. The first-order chi connectivity index (χ1) is 9.33. The van der Waals surface area contributed by atoms with Gasteiger partial charge < -0.3 is 15.2 Å². The van der Waals surface area contributed by atoms with E-state index in [2.05, 4.69) is 5.32 Å². The van der Waals surface area contributed by atoms with E-state index in [1.54, 1.807) is 0 Å². The van der Waals surface area contributed by atoms with Gasteiger partial charge in [0, 0.05) is 6.04 Å². The van der Waals surface area contributed by atoms with Gasteiger partial charge in [-0.3, -0.25) is 0 Å². The number of hydrogen-bond acceptors (Lipinski definition) is 3. The second-order valence-electron chi connectivity index (χ2n) is 5.24. The molecule has 1 atom stereocenters. The van der Waals surface area contributed by atoms with Crippen LogP contribution in [0.15, 0.2) is 24.3 Å². The second kappa shape index (κ2) is 7.51. The zero-order valence-electron chi connectivity index (χ0n) is 11.8. The van der Waals surface area contributed by atoms with Crippen molar-refractivity contribution in [2.45, 2.75) is 51.1 Å². The normalized spacial score (nSPS) is 18.2. The molecule has 2 rings (SSSR count). The Balaban J connectivity index is 1.95. The van der Waals surface area contributed by atoms with E-state index in [1.807, 2.05) is 31.2 Å². The smallest absolute Gasteiger partial charge is 0.119 e. The third kappa shape index (κ3) is 4.22. The lowest BCUT2D eigenvalue weighted by Gasteiger charge is -2.28. The van der Waals surface area contributed by atoms with Crippen molar-refractivity contribution >= 4 is 0 Å². The van der Waals surface area contributed by atoms with Crippen molar-refractivity contribution in [3.63, 3.8) is 0 Å². The Hall–Kier alpha value is -1.06. The first-order valence-corrected chi connectivity index (χ1v) is 7.43. The molecule has 0 heterocycles. The molecule has 3 heteroatoms. The van der Waals surface area contributed by atoms with Crippen molar-refractivity contribution in [2.75, 3.05) is 13.2 Å². The molecule has 2 N–H and O–H groups in total. The van der Waals surface area contributed by atoms with E-state index in [4.69, 9.17) is 4.74 Å². The van der Waals surface area contributed by atoms with Crippen LogP contribution in [-0.2, 0) is 0 Å². The molecule has 0 spiro atoms. The van der Waals surface area contributed by atoms with E-state index in [1.165, 1.54) is 32.1 Å². The highest BCUT2D eigenvalue weighted by Gasteiger charge is 2.18. The summed E-state index contributed by atoms with van der Waals surface area (Å²) < 4.78 is 5.44. The average molecular weight is 263 g/mol. The number of benzene rings is 1. The molecule has 1 aromatic rings. The first-order valence-electron chi connectivity index (χ1n) is 7.43. The van der Waals surface area contributed by atoms with Crippen molar-refractivity contribution < 1.29 is 9.84 Å². The Bertz CT molecular complexity index is 358. The molecule has 0 bridgehead atoms. The Morgan fingerprint density at radius 3 is 2.47 bits per heavy atom. The molecule has 19 heavy (non-hydrogen) atoms. The molecule has 0 amide bonds. The van der Waals surface area contributed by atoms with Crippen molar-refractivity contribution in [1.29, 1.82) is 0 Å². The highest BCUT2D eigenvalue weighted by molar-refractivity contribution is 5.29. The molecule has 0 saturated heterocycles. The minimum Gasteiger partial charge on any atom is -0.494 e. The van der Waals surface area contributed by atoms with Gasteiger partial charge in [0.15, 0.2) is 0 Å². The Kier molecular flexibility index (Phi) is 5.67.